The molecule has 1 amide bonds. The Labute approximate surface area is 119 Å². The molecule has 1 N–H and O–H groups in total. The van der Waals surface area contributed by atoms with Crippen molar-refractivity contribution in [1.29, 1.82) is 0 Å². The second-order valence-electron chi connectivity index (χ2n) is 5.04. The summed E-state index contributed by atoms with van der Waals surface area (Å²) in [6, 6.07) is 7.91. The zero-order valence-electron chi connectivity index (χ0n) is 11.4. The number of carbonyl (C=O) groups is 1. The van der Waals surface area contributed by atoms with Gasteiger partial charge in [-0.1, -0.05) is 30.7 Å². The largest absolute Gasteiger partial charge is 0.338 e. The third kappa shape index (κ3) is 3.95. The highest BCUT2D eigenvalue weighted by Gasteiger charge is 2.25. The minimum Gasteiger partial charge on any atom is -0.338 e. The van der Waals surface area contributed by atoms with Gasteiger partial charge in [0.2, 0.25) is 5.91 Å². The molecule has 3 nitrogen and oxygen atoms in total. The van der Waals surface area contributed by atoms with Crippen molar-refractivity contribution in [3.05, 3.63) is 34.9 Å². The first-order valence-electron chi connectivity index (χ1n) is 6.95. The molecule has 1 atom stereocenters. The van der Waals surface area contributed by atoms with Crippen molar-refractivity contribution < 1.29 is 4.79 Å². The molecule has 19 heavy (non-hydrogen) atoms. The van der Waals surface area contributed by atoms with Gasteiger partial charge in [-0.25, -0.2) is 0 Å². The second kappa shape index (κ2) is 6.92. The Bertz CT molecular complexity index is 430. The van der Waals surface area contributed by atoms with Crippen LogP contribution in [0.4, 0.5) is 0 Å². The summed E-state index contributed by atoms with van der Waals surface area (Å²) in [5.41, 5.74) is 0.990. The van der Waals surface area contributed by atoms with Crippen LogP contribution in [-0.4, -0.2) is 36.5 Å². The first-order chi connectivity index (χ1) is 9.20. The van der Waals surface area contributed by atoms with Crippen molar-refractivity contribution in [1.82, 2.24) is 10.2 Å². The lowest BCUT2D eigenvalue weighted by molar-refractivity contribution is -0.132. The predicted octanol–water partition coefficient (Wildman–Crippen LogP) is 2.48. The molecule has 4 heteroatoms. The molecular formula is C15H21ClN2O. The second-order valence-corrected chi connectivity index (χ2v) is 5.48. The van der Waals surface area contributed by atoms with Crippen LogP contribution in [0.5, 0.6) is 0 Å². The predicted molar refractivity (Wildman–Crippen MR) is 78.4 cm³/mol. The minimum atomic E-state index is 0.206. The summed E-state index contributed by atoms with van der Waals surface area (Å²) in [5.74, 6) is 0.206. The maximum atomic E-state index is 12.5. The van der Waals surface area contributed by atoms with Gasteiger partial charge in [0, 0.05) is 24.2 Å². The Morgan fingerprint density at radius 1 is 1.53 bits per heavy atom. The van der Waals surface area contributed by atoms with Crippen molar-refractivity contribution in [3.63, 3.8) is 0 Å². The number of nitrogens with zero attached hydrogens (tertiary/aromatic N) is 1. The van der Waals surface area contributed by atoms with Crippen LogP contribution < -0.4 is 5.32 Å². The van der Waals surface area contributed by atoms with Crippen LogP contribution in [0.15, 0.2) is 24.3 Å². The molecule has 1 heterocycles. The van der Waals surface area contributed by atoms with Crippen molar-refractivity contribution in [2.24, 2.45) is 0 Å². The van der Waals surface area contributed by atoms with Crippen molar-refractivity contribution in [2.75, 3.05) is 19.6 Å². The molecular weight excluding hydrogens is 260 g/mol. The van der Waals surface area contributed by atoms with Crippen LogP contribution in [0.25, 0.3) is 0 Å². The maximum Gasteiger partial charge on any atom is 0.227 e. The molecule has 1 aliphatic heterocycles. The smallest absolute Gasteiger partial charge is 0.227 e. The van der Waals surface area contributed by atoms with Crippen LogP contribution in [0, 0.1) is 0 Å². The molecule has 1 aromatic rings. The summed E-state index contributed by atoms with van der Waals surface area (Å²) in [6.07, 6.45) is 2.50. The van der Waals surface area contributed by atoms with Crippen molar-refractivity contribution in [3.8, 4) is 0 Å². The third-order valence-electron chi connectivity index (χ3n) is 3.50. The van der Waals surface area contributed by atoms with Crippen molar-refractivity contribution >= 4 is 17.5 Å². The van der Waals surface area contributed by atoms with Crippen LogP contribution in [-0.2, 0) is 11.2 Å². The molecule has 104 valence electrons. The highest BCUT2D eigenvalue weighted by atomic mass is 35.5. The van der Waals surface area contributed by atoms with Crippen LogP contribution >= 0.6 is 11.6 Å². The van der Waals surface area contributed by atoms with Gasteiger partial charge in [0.15, 0.2) is 0 Å². The lowest BCUT2D eigenvalue weighted by atomic mass is 10.1. The van der Waals surface area contributed by atoms with E-state index in [2.05, 4.69) is 12.2 Å². The number of carbonyl (C=O) groups excluding carboxylic acids is 1. The summed E-state index contributed by atoms with van der Waals surface area (Å²) in [6.45, 7) is 4.88. The maximum absolute atomic E-state index is 12.5. The molecule has 0 saturated carbocycles. The fourth-order valence-corrected chi connectivity index (χ4v) is 2.79. The van der Waals surface area contributed by atoms with Gasteiger partial charge >= 0.3 is 0 Å². The Morgan fingerprint density at radius 2 is 2.37 bits per heavy atom. The van der Waals surface area contributed by atoms with Gasteiger partial charge in [-0.05, 0) is 37.1 Å². The Balaban J connectivity index is 2.02. The fourth-order valence-electron chi connectivity index (χ4n) is 2.58. The number of nitrogens with one attached hydrogen (secondary N) is 1. The molecule has 0 spiro atoms. The summed E-state index contributed by atoms with van der Waals surface area (Å²) in [7, 11) is 0. The molecule has 0 radical (unpaired) electrons. The monoisotopic (exact) mass is 280 g/mol. The highest BCUT2D eigenvalue weighted by Crippen LogP contribution is 2.15. The van der Waals surface area contributed by atoms with E-state index in [-0.39, 0.29) is 5.91 Å². The molecule has 1 unspecified atom stereocenters. The van der Waals surface area contributed by atoms with E-state index in [0.29, 0.717) is 17.5 Å². The number of halogens is 1. The van der Waals surface area contributed by atoms with E-state index >= 15 is 0 Å². The first kappa shape index (κ1) is 14.4. The Morgan fingerprint density at radius 3 is 3.00 bits per heavy atom. The molecule has 1 saturated heterocycles. The van der Waals surface area contributed by atoms with Gasteiger partial charge in [0.05, 0.1) is 6.42 Å². The fraction of sp³-hybridized carbons (Fsp3) is 0.533. The van der Waals surface area contributed by atoms with Gasteiger partial charge in [0.25, 0.3) is 0 Å². The van der Waals surface area contributed by atoms with Gasteiger partial charge in [-0.2, -0.15) is 0 Å². The quantitative estimate of drug-likeness (QED) is 0.899. The van der Waals surface area contributed by atoms with E-state index in [0.717, 1.165) is 38.0 Å². The molecule has 0 aliphatic carbocycles. The average molecular weight is 281 g/mol. The van der Waals surface area contributed by atoms with E-state index in [4.69, 9.17) is 11.6 Å². The zero-order chi connectivity index (χ0) is 13.7. The van der Waals surface area contributed by atoms with Crippen molar-refractivity contribution in [2.45, 2.75) is 32.2 Å². The van der Waals surface area contributed by atoms with Crippen LogP contribution in [0.2, 0.25) is 5.02 Å². The summed E-state index contributed by atoms with van der Waals surface area (Å²) < 4.78 is 0. The highest BCUT2D eigenvalue weighted by molar-refractivity contribution is 6.30. The number of benzene rings is 1. The average Bonchev–Trinajstić information content (AvgIpc) is 2.89. The van der Waals surface area contributed by atoms with E-state index in [9.17, 15) is 4.79 Å². The van der Waals surface area contributed by atoms with Gasteiger partial charge in [-0.15, -0.1) is 0 Å². The molecule has 0 aromatic heterocycles. The minimum absolute atomic E-state index is 0.206. The molecule has 1 fully saturated rings. The molecule has 1 aromatic carbocycles. The molecule has 1 aliphatic rings. The summed E-state index contributed by atoms with van der Waals surface area (Å²) in [5, 5.41) is 4.01. The van der Waals surface area contributed by atoms with E-state index in [1.165, 1.54) is 0 Å². The van der Waals surface area contributed by atoms with Crippen LogP contribution in [0.3, 0.4) is 0 Å². The van der Waals surface area contributed by atoms with Gasteiger partial charge in [0.1, 0.15) is 0 Å². The Kier molecular flexibility index (Phi) is 5.23. The van der Waals surface area contributed by atoms with E-state index in [1.54, 1.807) is 0 Å². The zero-order valence-corrected chi connectivity index (χ0v) is 12.1. The topological polar surface area (TPSA) is 32.3 Å². The standard InChI is InChI=1S/C15H21ClN2O/c1-2-8-18(14-6-7-17-11-14)15(19)10-12-4-3-5-13(16)9-12/h3-5,9,14,17H,2,6-8,10-11H2,1H3. The lowest BCUT2D eigenvalue weighted by Gasteiger charge is -2.28. The van der Waals surface area contributed by atoms with E-state index in [1.807, 2.05) is 29.2 Å². The van der Waals surface area contributed by atoms with Crippen LogP contribution in [0.1, 0.15) is 25.3 Å². The number of hydrogen-bond acceptors (Lipinski definition) is 2. The first-order valence-corrected chi connectivity index (χ1v) is 7.33. The molecule has 2 rings (SSSR count). The van der Waals surface area contributed by atoms with Gasteiger partial charge in [-0.3, -0.25) is 4.79 Å². The number of hydrogen-bond donors (Lipinski definition) is 1. The Hall–Kier alpha value is -1.06. The molecule has 0 bridgehead atoms. The number of rotatable bonds is 5. The normalized spacial score (nSPS) is 18.5. The third-order valence-corrected chi connectivity index (χ3v) is 3.74. The summed E-state index contributed by atoms with van der Waals surface area (Å²) in [4.78, 5) is 14.5. The summed E-state index contributed by atoms with van der Waals surface area (Å²) >= 11 is 5.96. The van der Waals surface area contributed by atoms with E-state index < -0.39 is 0 Å². The van der Waals surface area contributed by atoms with Gasteiger partial charge < -0.3 is 10.2 Å². The number of amides is 1. The lowest BCUT2D eigenvalue weighted by Crippen LogP contribution is -2.42. The SMILES string of the molecule is CCCN(C(=O)Cc1cccc(Cl)c1)C1CCNC1.